The first-order chi connectivity index (χ1) is 8.31. The Kier molecular flexibility index (Phi) is 6.97. The number of carbonyl (C=O) groups is 1. The van der Waals surface area contributed by atoms with E-state index in [9.17, 15) is 4.79 Å². The molecule has 2 aliphatic heterocycles. The SMILES string of the molecule is Cl.NCC1CCCCN1CC(=O)N1CCCCC1. The highest BCUT2D eigenvalue weighted by molar-refractivity contribution is 5.85. The van der Waals surface area contributed by atoms with Crippen LogP contribution < -0.4 is 5.73 Å². The summed E-state index contributed by atoms with van der Waals surface area (Å²) >= 11 is 0. The van der Waals surface area contributed by atoms with E-state index in [1.54, 1.807) is 0 Å². The van der Waals surface area contributed by atoms with Crippen LogP contribution >= 0.6 is 12.4 Å². The summed E-state index contributed by atoms with van der Waals surface area (Å²) in [7, 11) is 0. The molecule has 0 aromatic carbocycles. The molecule has 2 heterocycles. The average Bonchev–Trinajstić information content (AvgIpc) is 2.40. The molecular formula is C13H26ClN3O. The highest BCUT2D eigenvalue weighted by atomic mass is 35.5. The summed E-state index contributed by atoms with van der Waals surface area (Å²) in [5.41, 5.74) is 5.78. The first-order valence-corrected chi connectivity index (χ1v) is 7.03. The molecular weight excluding hydrogens is 250 g/mol. The van der Waals surface area contributed by atoms with E-state index in [0.717, 1.165) is 26.1 Å². The molecule has 0 aromatic rings. The van der Waals surface area contributed by atoms with Gasteiger partial charge in [0.1, 0.15) is 0 Å². The van der Waals surface area contributed by atoms with Crippen LogP contribution in [0.4, 0.5) is 0 Å². The van der Waals surface area contributed by atoms with E-state index in [-0.39, 0.29) is 12.4 Å². The van der Waals surface area contributed by atoms with Crippen molar-refractivity contribution in [2.24, 2.45) is 5.73 Å². The molecule has 2 fully saturated rings. The molecule has 106 valence electrons. The molecule has 2 rings (SSSR count). The fourth-order valence-electron chi connectivity index (χ4n) is 2.95. The van der Waals surface area contributed by atoms with Gasteiger partial charge in [0.05, 0.1) is 6.54 Å². The Balaban J connectivity index is 0.00000162. The molecule has 0 aromatic heterocycles. The third-order valence-corrected chi connectivity index (χ3v) is 4.07. The van der Waals surface area contributed by atoms with E-state index in [1.807, 2.05) is 4.90 Å². The van der Waals surface area contributed by atoms with E-state index in [2.05, 4.69) is 4.90 Å². The number of hydrogen-bond acceptors (Lipinski definition) is 3. The molecule has 2 N–H and O–H groups in total. The maximum absolute atomic E-state index is 12.2. The molecule has 18 heavy (non-hydrogen) atoms. The van der Waals surface area contributed by atoms with Crippen molar-refractivity contribution in [1.82, 2.24) is 9.80 Å². The zero-order valence-corrected chi connectivity index (χ0v) is 12.0. The summed E-state index contributed by atoms with van der Waals surface area (Å²) in [4.78, 5) is 16.5. The number of piperidine rings is 2. The van der Waals surface area contributed by atoms with Crippen LogP contribution in [0.15, 0.2) is 0 Å². The Bertz CT molecular complexity index is 257. The average molecular weight is 276 g/mol. The number of likely N-dealkylation sites (tertiary alicyclic amines) is 2. The zero-order valence-electron chi connectivity index (χ0n) is 11.1. The molecule has 0 saturated carbocycles. The highest BCUT2D eigenvalue weighted by Gasteiger charge is 2.25. The Morgan fingerprint density at radius 3 is 2.39 bits per heavy atom. The topological polar surface area (TPSA) is 49.6 Å². The minimum Gasteiger partial charge on any atom is -0.342 e. The number of hydrogen-bond donors (Lipinski definition) is 1. The van der Waals surface area contributed by atoms with Crippen molar-refractivity contribution in [3.05, 3.63) is 0 Å². The fourth-order valence-corrected chi connectivity index (χ4v) is 2.95. The van der Waals surface area contributed by atoms with Gasteiger partial charge < -0.3 is 10.6 Å². The van der Waals surface area contributed by atoms with Gasteiger partial charge in [-0.1, -0.05) is 6.42 Å². The first-order valence-electron chi connectivity index (χ1n) is 7.03. The Morgan fingerprint density at radius 1 is 1.06 bits per heavy atom. The van der Waals surface area contributed by atoms with Crippen LogP contribution in [0.2, 0.25) is 0 Å². The number of nitrogens with zero attached hydrogens (tertiary/aromatic N) is 2. The summed E-state index contributed by atoms with van der Waals surface area (Å²) in [6, 6.07) is 0.428. The van der Waals surface area contributed by atoms with Crippen molar-refractivity contribution >= 4 is 18.3 Å². The third-order valence-electron chi connectivity index (χ3n) is 4.07. The third kappa shape index (κ3) is 4.11. The second-order valence-electron chi connectivity index (χ2n) is 5.30. The number of rotatable bonds is 3. The molecule has 1 atom stereocenters. The van der Waals surface area contributed by atoms with Gasteiger partial charge in [0.15, 0.2) is 0 Å². The van der Waals surface area contributed by atoms with E-state index < -0.39 is 0 Å². The van der Waals surface area contributed by atoms with E-state index in [4.69, 9.17) is 5.73 Å². The van der Waals surface area contributed by atoms with E-state index in [1.165, 1.54) is 32.1 Å². The Labute approximate surface area is 116 Å². The molecule has 1 amide bonds. The largest absolute Gasteiger partial charge is 0.342 e. The predicted octanol–water partition coefficient (Wildman–Crippen LogP) is 1.23. The zero-order chi connectivity index (χ0) is 12.1. The van der Waals surface area contributed by atoms with Crippen LogP contribution in [0.1, 0.15) is 38.5 Å². The highest BCUT2D eigenvalue weighted by Crippen LogP contribution is 2.17. The van der Waals surface area contributed by atoms with Crippen LogP contribution in [-0.2, 0) is 4.79 Å². The van der Waals surface area contributed by atoms with Crippen LogP contribution in [-0.4, -0.2) is 54.5 Å². The molecule has 5 heteroatoms. The predicted molar refractivity (Wildman–Crippen MR) is 75.9 cm³/mol. The van der Waals surface area contributed by atoms with Gasteiger partial charge in [-0.3, -0.25) is 9.69 Å². The summed E-state index contributed by atoms with van der Waals surface area (Å²) < 4.78 is 0. The van der Waals surface area contributed by atoms with Gasteiger partial charge >= 0.3 is 0 Å². The van der Waals surface area contributed by atoms with Crippen LogP contribution in [0, 0.1) is 0 Å². The van der Waals surface area contributed by atoms with E-state index >= 15 is 0 Å². The molecule has 1 unspecified atom stereocenters. The van der Waals surface area contributed by atoms with Crippen molar-refractivity contribution in [2.75, 3.05) is 32.7 Å². The minimum absolute atomic E-state index is 0. The summed E-state index contributed by atoms with van der Waals surface area (Å²) in [5.74, 6) is 0.310. The van der Waals surface area contributed by atoms with Crippen LogP contribution in [0.5, 0.6) is 0 Å². The second-order valence-corrected chi connectivity index (χ2v) is 5.30. The van der Waals surface area contributed by atoms with Crippen LogP contribution in [0.3, 0.4) is 0 Å². The maximum Gasteiger partial charge on any atom is 0.236 e. The standard InChI is InChI=1S/C13H25N3O.ClH/c14-10-12-6-2-5-9-16(12)11-13(17)15-7-3-1-4-8-15;/h12H,1-11,14H2;1H. The van der Waals surface area contributed by atoms with Crippen molar-refractivity contribution < 1.29 is 4.79 Å². The van der Waals surface area contributed by atoms with Crippen molar-refractivity contribution in [3.63, 3.8) is 0 Å². The van der Waals surface area contributed by atoms with Gasteiger partial charge in [0.2, 0.25) is 5.91 Å². The number of halogens is 1. The lowest BCUT2D eigenvalue weighted by Crippen LogP contribution is -2.50. The summed E-state index contributed by atoms with van der Waals surface area (Å²) in [6.07, 6.45) is 7.25. The number of carbonyl (C=O) groups excluding carboxylic acids is 1. The van der Waals surface area contributed by atoms with Gasteiger partial charge in [-0.25, -0.2) is 0 Å². The maximum atomic E-state index is 12.2. The molecule has 0 aliphatic carbocycles. The molecule has 0 radical (unpaired) electrons. The van der Waals surface area contributed by atoms with Gasteiger partial charge in [-0.05, 0) is 38.6 Å². The fraction of sp³-hybridized carbons (Fsp3) is 0.923. The second kappa shape index (κ2) is 7.97. The Morgan fingerprint density at radius 2 is 1.72 bits per heavy atom. The number of nitrogens with two attached hydrogens (primary N) is 1. The van der Waals surface area contributed by atoms with Crippen molar-refractivity contribution in [3.8, 4) is 0 Å². The molecule has 4 nitrogen and oxygen atoms in total. The summed E-state index contributed by atoms with van der Waals surface area (Å²) in [6.45, 7) is 4.23. The van der Waals surface area contributed by atoms with Gasteiger partial charge in [0.25, 0.3) is 0 Å². The summed E-state index contributed by atoms with van der Waals surface area (Å²) in [5, 5.41) is 0. The first kappa shape index (κ1) is 15.7. The molecule has 2 aliphatic rings. The van der Waals surface area contributed by atoms with Gasteiger partial charge in [-0.2, -0.15) is 0 Å². The monoisotopic (exact) mass is 275 g/mol. The number of amides is 1. The molecule has 2 saturated heterocycles. The van der Waals surface area contributed by atoms with Crippen molar-refractivity contribution in [1.29, 1.82) is 0 Å². The van der Waals surface area contributed by atoms with Gasteiger partial charge in [-0.15, -0.1) is 12.4 Å². The van der Waals surface area contributed by atoms with E-state index in [0.29, 0.717) is 25.0 Å². The lowest BCUT2D eigenvalue weighted by molar-refractivity contribution is -0.134. The Hall–Kier alpha value is -0.320. The van der Waals surface area contributed by atoms with Crippen LogP contribution in [0.25, 0.3) is 0 Å². The normalized spacial score (nSPS) is 25.6. The lowest BCUT2D eigenvalue weighted by atomic mass is 10.0. The quantitative estimate of drug-likeness (QED) is 0.843. The smallest absolute Gasteiger partial charge is 0.236 e. The lowest BCUT2D eigenvalue weighted by Gasteiger charge is -2.36. The molecule has 0 spiro atoms. The minimum atomic E-state index is 0. The van der Waals surface area contributed by atoms with Crippen molar-refractivity contribution in [2.45, 2.75) is 44.6 Å². The van der Waals surface area contributed by atoms with Gasteiger partial charge in [0, 0.05) is 25.7 Å². The molecule has 0 bridgehead atoms.